The molecule has 3 heterocycles. The van der Waals surface area contributed by atoms with Crippen molar-refractivity contribution >= 4 is 11.9 Å². The first-order chi connectivity index (χ1) is 11.2. The van der Waals surface area contributed by atoms with Crippen LogP contribution in [0, 0.1) is 5.92 Å². The van der Waals surface area contributed by atoms with Gasteiger partial charge in [0.05, 0.1) is 6.61 Å². The number of aromatic nitrogens is 3. The number of rotatable bonds is 5. The van der Waals surface area contributed by atoms with Crippen LogP contribution in [0.5, 0.6) is 5.75 Å². The number of anilines is 1. The monoisotopic (exact) mass is 313 g/mol. The van der Waals surface area contributed by atoms with Crippen molar-refractivity contribution in [2.75, 3.05) is 24.6 Å². The molecular weight excluding hydrogens is 294 g/mol. The molecule has 1 fully saturated rings. The Morgan fingerprint density at radius 1 is 1.22 bits per heavy atom. The van der Waals surface area contributed by atoms with Crippen LogP contribution in [-0.4, -0.2) is 40.6 Å². The van der Waals surface area contributed by atoms with Crippen LogP contribution in [0.4, 0.5) is 5.95 Å². The minimum absolute atomic E-state index is 0.221. The van der Waals surface area contributed by atoms with Gasteiger partial charge in [-0.3, -0.25) is 9.78 Å². The van der Waals surface area contributed by atoms with E-state index in [0.29, 0.717) is 18.3 Å². The largest absolute Gasteiger partial charge is 0.493 e. The molecule has 0 atom stereocenters. The number of hydrogen-bond acceptors (Lipinski definition) is 6. The summed E-state index contributed by atoms with van der Waals surface area (Å²) in [4.78, 5) is 25.8. The number of hydrogen-bond donors (Lipinski definition) is 1. The average Bonchev–Trinajstić information content (AvgIpc) is 2.61. The van der Waals surface area contributed by atoms with E-state index in [1.54, 1.807) is 24.5 Å². The third-order valence-electron chi connectivity index (χ3n) is 3.92. The molecule has 23 heavy (non-hydrogen) atoms. The van der Waals surface area contributed by atoms with Crippen molar-refractivity contribution in [3.05, 3.63) is 42.5 Å². The van der Waals surface area contributed by atoms with Crippen LogP contribution in [0.15, 0.2) is 36.8 Å². The van der Waals surface area contributed by atoms with Crippen LogP contribution >= 0.6 is 0 Å². The molecule has 0 aromatic carbocycles. The van der Waals surface area contributed by atoms with E-state index in [0.717, 1.165) is 31.9 Å². The molecule has 1 amide bonds. The molecule has 0 spiro atoms. The molecule has 0 saturated carbocycles. The van der Waals surface area contributed by atoms with Gasteiger partial charge in [0.15, 0.2) is 0 Å². The second-order valence-corrected chi connectivity index (χ2v) is 5.53. The van der Waals surface area contributed by atoms with E-state index in [1.165, 1.54) is 6.20 Å². The highest BCUT2D eigenvalue weighted by atomic mass is 16.5. The van der Waals surface area contributed by atoms with Gasteiger partial charge < -0.3 is 15.4 Å². The van der Waals surface area contributed by atoms with Crippen LogP contribution in [0.2, 0.25) is 0 Å². The molecule has 1 aliphatic rings. The molecule has 2 aromatic heterocycles. The molecule has 2 aromatic rings. The number of nitrogens with zero attached hydrogens (tertiary/aromatic N) is 4. The van der Waals surface area contributed by atoms with E-state index < -0.39 is 5.91 Å². The number of nitrogens with two attached hydrogens (primary N) is 1. The lowest BCUT2D eigenvalue weighted by Crippen LogP contribution is -2.36. The van der Waals surface area contributed by atoms with Gasteiger partial charge in [0.25, 0.3) is 5.91 Å². The molecule has 0 bridgehead atoms. The van der Waals surface area contributed by atoms with Crippen molar-refractivity contribution in [2.45, 2.75) is 12.8 Å². The Labute approximate surface area is 134 Å². The fourth-order valence-electron chi connectivity index (χ4n) is 2.60. The summed E-state index contributed by atoms with van der Waals surface area (Å²) in [5.74, 6) is 1.33. The Hall–Kier alpha value is -2.70. The molecule has 7 heteroatoms. The maximum atomic E-state index is 11.1. The number of carbonyl (C=O) groups is 1. The number of pyridine rings is 1. The SMILES string of the molecule is NC(=O)c1cc(OCC2CCN(c3ncccn3)CC2)ccn1. The topological polar surface area (TPSA) is 94.2 Å². The van der Waals surface area contributed by atoms with Crippen molar-refractivity contribution in [3.8, 4) is 5.75 Å². The van der Waals surface area contributed by atoms with Gasteiger partial charge in [-0.15, -0.1) is 0 Å². The van der Waals surface area contributed by atoms with E-state index in [-0.39, 0.29) is 5.69 Å². The average molecular weight is 313 g/mol. The summed E-state index contributed by atoms with van der Waals surface area (Å²) in [5, 5.41) is 0. The summed E-state index contributed by atoms with van der Waals surface area (Å²) >= 11 is 0. The van der Waals surface area contributed by atoms with Crippen molar-refractivity contribution in [1.82, 2.24) is 15.0 Å². The lowest BCUT2D eigenvalue weighted by Gasteiger charge is -2.31. The smallest absolute Gasteiger partial charge is 0.267 e. The molecule has 7 nitrogen and oxygen atoms in total. The summed E-state index contributed by atoms with van der Waals surface area (Å²) < 4.78 is 5.78. The lowest BCUT2D eigenvalue weighted by molar-refractivity contribution is 0.0995. The standard InChI is InChI=1S/C16H19N5O2/c17-15(22)14-10-13(2-7-18-14)23-11-12-3-8-21(9-4-12)16-19-5-1-6-20-16/h1-2,5-7,10,12H,3-4,8-9,11H2,(H2,17,22). The highest BCUT2D eigenvalue weighted by molar-refractivity contribution is 5.91. The van der Waals surface area contributed by atoms with Gasteiger partial charge in [0.1, 0.15) is 11.4 Å². The Morgan fingerprint density at radius 3 is 2.65 bits per heavy atom. The molecule has 1 aliphatic heterocycles. The normalized spacial score (nSPS) is 15.4. The Kier molecular flexibility index (Phi) is 4.65. The van der Waals surface area contributed by atoms with Crippen LogP contribution < -0.4 is 15.4 Å². The second kappa shape index (κ2) is 7.04. The van der Waals surface area contributed by atoms with Crippen LogP contribution in [0.1, 0.15) is 23.3 Å². The molecule has 1 saturated heterocycles. The molecule has 0 aliphatic carbocycles. The van der Waals surface area contributed by atoms with E-state index in [1.807, 2.05) is 6.07 Å². The predicted molar refractivity (Wildman–Crippen MR) is 85.2 cm³/mol. The van der Waals surface area contributed by atoms with Gasteiger partial charge >= 0.3 is 0 Å². The first kappa shape index (κ1) is 15.2. The van der Waals surface area contributed by atoms with E-state index in [9.17, 15) is 4.79 Å². The predicted octanol–water partition coefficient (Wildman–Crippen LogP) is 1.27. The van der Waals surface area contributed by atoms with Gasteiger partial charge in [0.2, 0.25) is 5.95 Å². The fourth-order valence-corrected chi connectivity index (χ4v) is 2.60. The number of primary amides is 1. The van der Waals surface area contributed by atoms with Crippen molar-refractivity contribution < 1.29 is 9.53 Å². The first-order valence-electron chi connectivity index (χ1n) is 7.63. The van der Waals surface area contributed by atoms with Crippen molar-refractivity contribution in [2.24, 2.45) is 11.7 Å². The summed E-state index contributed by atoms with van der Waals surface area (Å²) in [6, 6.07) is 5.13. The molecule has 0 unspecified atom stereocenters. The summed E-state index contributed by atoms with van der Waals surface area (Å²) in [5.41, 5.74) is 5.44. The maximum absolute atomic E-state index is 11.1. The summed E-state index contributed by atoms with van der Waals surface area (Å²) in [6.45, 7) is 2.45. The van der Waals surface area contributed by atoms with Crippen molar-refractivity contribution in [1.29, 1.82) is 0 Å². The van der Waals surface area contributed by atoms with Gasteiger partial charge in [0, 0.05) is 37.7 Å². The van der Waals surface area contributed by atoms with Gasteiger partial charge in [-0.25, -0.2) is 9.97 Å². The first-order valence-corrected chi connectivity index (χ1v) is 7.63. The van der Waals surface area contributed by atoms with E-state index >= 15 is 0 Å². The maximum Gasteiger partial charge on any atom is 0.267 e. The highest BCUT2D eigenvalue weighted by Gasteiger charge is 2.21. The molecule has 2 N–H and O–H groups in total. The zero-order valence-corrected chi connectivity index (χ0v) is 12.8. The number of amides is 1. The number of carbonyl (C=O) groups excluding carboxylic acids is 1. The Bertz CT molecular complexity index is 657. The lowest BCUT2D eigenvalue weighted by atomic mass is 9.98. The summed E-state index contributed by atoms with van der Waals surface area (Å²) in [6.07, 6.45) is 7.09. The van der Waals surface area contributed by atoms with Crippen LogP contribution in [0.3, 0.4) is 0 Å². The van der Waals surface area contributed by atoms with Crippen molar-refractivity contribution in [3.63, 3.8) is 0 Å². The Morgan fingerprint density at radius 2 is 1.96 bits per heavy atom. The second-order valence-electron chi connectivity index (χ2n) is 5.53. The highest BCUT2D eigenvalue weighted by Crippen LogP contribution is 2.21. The molecule has 3 rings (SSSR count). The third-order valence-corrected chi connectivity index (χ3v) is 3.92. The number of ether oxygens (including phenoxy) is 1. The quantitative estimate of drug-likeness (QED) is 0.893. The van der Waals surface area contributed by atoms with Gasteiger partial charge in [-0.1, -0.05) is 0 Å². The minimum atomic E-state index is -0.549. The van der Waals surface area contributed by atoms with E-state index in [4.69, 9.17) is 10.5 Å². The molecule has 0 radical (unpaired) electrons. The third kappa shape index (κ3) is 3.94. The Balaban J connectivity index is 1.49. The van der Waals surface area contributed by atoms with Gasteiger partial charge in [-0.2, -0.15) is 0 Å². The molecular formula is C16H19N5O2. The van der Waals surface area contributed by atoms with E-state index in [2.05, 4.69) is 19.9 Å². The van der Waals surface area contributed by atoms with Gasteiger partial charge in [-0.05, 0) is 30.9 Å². The van der Waals surface area contributed by atoms with Crippen LogP contribution in [-0.2, 0) is 0 Å². The zero-order chi connectivity index (χ0) is 16.1. The minimum Gasteiger partial charge on any atom is -0.493 e. The molecule has 120 valence electrons. The number of piperidine rings is 1. The van der Waals surface area contributed by atoms with Crippen LogP contribution in [0.25, 0.3) is 0 Å². The zero-order valence-electron chi connectivity index (χ0n) is 12.8. The summed E-state index contributed by atoms with van der Waals surface area (Å²) in [7, 11) is 0. The fraction of sp³-hybridized carbons (Fsp3) is 0.375.